The van der Waals surface area contributed by atoms with Crippen LogP contribution < -0.4 is 0 Å². The summed E-state index contributed by atoms with van der Waals surface area (Å²) in [6.45, 7) is 0.955. The zero-order valence-electron chi connectivity index (χ0n) is 10.7. The van der Waals surface area contributed by atoms with Gasteiger partial charge in [0.15, 0.2) is 0 Å². The van der Waals surface area contributed by atoms with Gasteiger partial charge in [-0.25, -0.2) is 8.42 Å². The highest BCUT2D eigenvalue weighted by molar-refractivity contribution is 7.95. The highest BCUT2D eigenvalue weighted by Crippen LogP contribution is 2.48. The highest BCUT2D eigenvalue weighted by atomic mass is 32.2. The van der Waals surface area contributed by atoms with E-state index in [9.17, 15) is 8.42 Å². The van der Waals surface area contributed by atoms with Crippen LogP contribution in [-0.2, 0) is 24.0 Å². The van der Waals surface area contributed by atoms with Gasteiger partial charge >= 0.3 is 0 Å². The lowest BCUT2D eigenvalue weighted by Gasteiger charge is -2.29. The number of hydrogen-bond acceptors (Lipinski definition) is 5. The van der Waals surface area contributed by atoms with Crippen LogP contribution >= 0.6 is 0 Å². The summed E-state index contributed by atoms with van der Waals surface area (Å²) in [7, 11) is -3.56. The quantitative estimate of drug-likeness (QED) is 0.821. The molecular weight excluding hydrogens is 280 g/mol. The van der Waals surface area contributed by atoms with E-state index in [-0.39, 0.29) is 15.9 Å². The Morgan fingerprint density at radius 2 is 1.80 bits per heavy atom. The predicted octanol–water partition coefficient (Wildman–Crippen LogP) is 1.26. The van der Waals surface area contributed by atoms with Crippen molar-refractivity contribution in [2.45, 2.75) is 29.3 Å². The SMILES string of the molecule is O=S(=O)(C1=C[C@H]2CC3(OCCO3)[C@@H]1O2)c1ccccc1. The van der Waals surface area contributed by atoms with E-state index in [0.29, 0.717) is 19.6 Å². The second-order valence-corrected chi connectivity index (χ2v) is 7.10. The van der Waals surface area contributed by atoms with Gasteiger partial charge in [0.1, 0.15) is 6.10 Å². The molecule has 0 aliphatic carbocycles. The number of fused-ring (bicyclic) bond motifs is 3. The van der Waals surface area contributed by atoms with E-state index in [2.05, 4.69) is 0 Å². The van der Waals surface area contributed by atoms with Crippen molar-refractivity contribution in [3.8, 4) is 0 Å². The molecule has 0 amide bonds. The van der Waals surface area contributed by atoms with E-state index < -0.39 is 21.7 Å². The third-order valence-corrected chi connectivity index (χ3v) is 5.81. The molecule has 20 heavy (non-hydrogen) atoms. The monoisotopic (exact) mass is 294 g/mol. The van der Waals surface area contributed by atoms with Crippen LogP contribution in [0.1, 0.15) is 6.42 Å². The third kappa shape index (κ3) is 1.62. The molecule has 1 aromatic rings. The van der Waals surface area contributed by atoms with Crippen LogP contribution in [0.25, 0.3) is 0 Å². The minimum absolute atomic E-state index is 0.244. The van der Waals surface area contributed by atoms with Crippen LogP contribution in [-0.4, -0.2) is 39.6 Å². The van der Waals surface area contributed by atoms with E-state index in [0.717, 1.165) is 0 Å². The minimum Gasteiger partial charge on any atom is -0.360 e. The van der Waals surface area contributed by atoms with Gasteiger partial charge in [0.2, 0.25) is 15.6 Å². The Kier molecular flexibility index (Phi) is 2.59. The lowest BCUT2D eigenvalue weighted by molar-refractivity contribution is -0.176. The molecule has 0 saturated carbocycles. The zero-order chi connectivity index (χ0) is 13.8. The molecule has 3 heterocycles. The number of sulfone groups is 1. The Balaban J connectivity index is 1.75. The molecule has 0 aromatic heterocycles. The van der Waals surface area contributed by atoms with E-state index >= 15 is 0 Å². The maximum atomic E-state index is 12.7. The van der Waals surface area contributed by atoms with Gasteiger partial charge < -0.3 is 14.2 Å². The fourth-order valence-corrected chi connectivity index (χ4v) is 4.71. The molecule has 3 aliphatic heterocycles. The summed E-state index contributed by atoms with van der Waals surface area (Å²) in [4.78, 5) is 0.539. The molecule has 2 bridgehead atoms. The van der Waals surface area contributed by atoms with Crippen molar-refractivity contribution in [2.75, 3.05) is 13.2 Å². The standard InChI is InChI=1S/C14H14O5S/c15-20(16,11-4-2-1-3-5-11)12-8-10-9-14(13(12)19-10)17-6-7-18-14/h1-5,8,10,13H,6-7,9H2/t10-,13+/m0/s1. The van der Waals surface area contributed by atoms with Crippen molar-refractivity contribution in [1.82, 2.24) is 0 Å². The second kappa shape index (κ2) is 4.14. The predicted molar refractivity (Wildman–Crippen MR) is 69.6 cm³/mol. The first-order valence-corrected chi connectivity index (χ1v) is 8.05. The van der Waals surface area contributed by atoms with Crippen LogP contribution in [0.5, 0.6) is 0 Å². The van der Waals surface area contributed by atoms with Gasteiger partial charge in [-0.05, 0) is 18.2 Å². The number of rotatable bonds is 2. The van der Waals surface area contributed by atoms with Crippen molar-refractivity contribution in [3.05, 3.63) is 41.3 Å². The number of benzene rings is 1. The van der Waals surface area contributed by atoms with Crippen molar-refractivity contribution in [1.29, 1.82) is 0 Å². The molecule has 6 heteroatoms. The first-order valence-electron chi connectivity index (χ1n) is 6.57. The minimum atomic E-state index is -3.56. The number of ether oxygens (including phenoxy) is 3. The fraction of sp³-hybridized carbons (Fsp3) is 0.429. The molecule has 2 atom stereocenters. The summed E-state index contributed by atoms with van der Waals surface area (Å²) < 4.78 is 42.4. The summed E-state index contributed by atoms with van der Waals surface area (Å²) in [6, 6.07) is 8.38. The van der Waals surface area contributed by atoms with Crippen LogP contribution in [0, 0.1) is 0 Å². The molecule has 0 N–H and O–H groups in total. The maximum Gasteiger partial charge on any atom is 0.205 e. The molecule has 1 spiro atoms. The normalized spacial score (nSPS) is 30.9. The lowest BCUT2D eigenvalue weighted by atomic mass is 10.0. The van der Waals surface area contributed by atoms with E-state index in [1.165, 1.54) is 0 Å². The van der Waals surface area contributed by atoms with E-state index in [1.54, 1.807) is 36.4 Å². The second-order valence-electron chi connectivity index (χ2n) is 5.15. The van der Waals surface area contributed by atoms with Gasteiger partial charge in [-0.3, -0.25) is 0 Å². The number of hydrogen-bond donors (Lipinski definition) is 0. The van der Waals surface area contributed by atoms with Crippen LogP contribution in [0.2, 0.25) is 0 Å². The highest BCUT2D eigenvalue weighted by Gasteiger charge is 2.60. The molecule has 2 fully saturated rings. The Labute approximate surface area is 117 Å². The Morgan fingerprint density at radius 1 is 1.10 bits per heavy atom. The molecular formula is C14H14O5S. The Morgan fingerprint density at radius 3 is 2.45 bits per heavy atom. The smallest absolute Gasteiger partial charge is 0.205 e. The Bertz CT molecular complexity index is 658. The summed E-state index contributed by atoms with van der Waals surface area (Å²) in [6.07, 6.45) is 1.35. The molecule has 3 aliphatic rings. The Hall–Kier alpha value is -1.21. The maximum absolute atomic E-state index is 12.7. The molecule has 0 unspecified atom stereocenters. The van der Waals surface area contributed by atoms with Crippen LogP contribution in [0.4, 0.5) is 0 Å². The van der Waals surface area contributed by atoms with Crippen molar-refractivity contribution in [2.24, 2.45) is 0 Å². The summed E-state index contributed by atoms with van der Waals surface area (Å²) in [5.41, 5.74) is 0. The van der Waals surface area contributed by atoms with Gasteiger partial charge in [0, 0.05) is 6.42 Å². The van der Waals surface area contributed by atoms with Crippen LogP contribution in [0.3, 0.4) is 0 Å². The molecule has 0 radical (unpaired) electrons. The van der Waals surface area contributed by atoms with Crippen molar-refractivity contribution >= 4 is 9.84 Å². The fourth-order valence-electron chi connectivity index (χ4n) is 3.07. The van der Waals surface area contributed by atoms with E-state index in [4.69, 9.17) is 14.2 Å². The largest absolute Gasteiger partial charge is 0.360 e. The zero-order valence-corrected chi connectivity index (χ0v) is 11.5. The first-order chi connectivity index (χ1) is 9.62. The molecule has 1 aromatic carbocycles. The van der Waals surface area contributed by atoms with E-state index in [1.807, 2.05) is 0 Å². The van der Waals surface area contributed by atoms with Gasteiger partial charge in [0.25, 0.3) is 0 Å². The molecule has 106 valence electrons. The van der Waals surface area contributed by atoms with Gasteiger partial charge in [-0.15, -0.1) is 0 Å². The average Bonchev–Trinajstić information content (AvgIpc) is 3.16. The van der Waals surface area contributed by atoms with Gasteiger partial charge in [-0.2, -0.15) is 0 Å². The molecule has 4 rings (SSSR count). The lowest BCUT2D eigenvalue weighted by Crippen LogP contribution is -2.43. The van der Waals surface area contributed by atoms with Crippen molar-refractivity contribution in [3.63, 3.8) is 0 Å². The molecule has 5 nitrogen and oxygen atoms in total. The van der Waals surface area contributed by atoms with Gasteiger partial charge in [0.05, 0.1) is 29.1 Å². The van der Waals surface area contributed by atoms with Crippen LogP contribution in [0.15, 0.2) is 46.2 Å². The van der Waals surface area contributed by atoms with Gasteiger partial charge in [-0.1, -0.05) is 18.2 Å². The summed E-state index contributed by atoms with van der Waals surface area (Å²) in [5, 5.41) is 0. The van der Waals surface area contributed by atoms with Crippen molar-refractivity contribution < 1.29 is 22.6 Å². The first kappa shape index (κ1) is 12.5. The third-order valence-electron chi connectivity index (χ3n) is 3.94. The summed E-state index contributed by atoms with van der Waals surface area (Å²) in [5.74, 6) is -0.906. The molecule has 2 saturated heterocycles. The topological polar surface area (TPSA) is 61.8 Å². The average molecular weight is 294 g/mol. The summed E-state index contributed by atoms with van der Waals surface area (Å²) >= 11 is 0.